The van der Waals surface area contributed by atoms with E-state index in [9.17, 15) is 0 Å². The first-order chi connectivity index (χ1) is 7.76. The fourth-order valence-electron chi connectivity index (χ4n) is 2.59. The van der Waals surface area contributed by atoms with Crippen molar-refractivity contribution in [3.8, 4) is 0 Å². The Labute approximate surface area is 120 Å². The first-order valence-corrected chi connectivity index (χ1v) is 7.40. The highest BCUT2D eigenvalue weighted by molar-refractivity contribution is 9.11. The molecule has 1 aromatic rings. The predicted molar refractivity (Wildman–Crippen MR) is 79.2 cm³/mol. The van der Waals surface area contributed by atoms with Crippen LogP contribution in [0.25, 0.3) is 0 Å². The van der Waals surface area contributed by atoms with Gasteiger partial charge in [-0.3, -0.25) is 0 Å². The van der Waals surface area contributed by atoms with E-state index in [2.05, 4.69) is 69.9 Å². The number of hydrogen-bond donors (Lipinski definition) is 1. The van der Waals surface area contributed by atoms with Gasteiger partial charge in [-0.15, -0.1) is 0 Å². The number of aromatic nitrogens is 1. The van der Waals surface area contributed by atoms with E-state index in [-0.39, 0.29) is 0 Å². The van der Waals surface area contributed by atoms with Crippen LogP contribution < -0.4 is 5.32 Å². The fraction of sp³-hybridized carbons (Fsp3) is 0.615. The van der Waals surface area contributed by atoms with E-state index < -0.39 is 0 Å². The molecule has 1 fully saturated rings. The summed E-state index contributed by atoms with van der Waals surface area (Å²) in [5, 5.41) is 3.43. The molecule has 0 radical (unpaired) electrons. The van der Waals surface area contributed by atoms with Crippen molar-refractivity contribution >= 4 is 37.7 Å². The first kappa shape index (κ1) is 13.3. The number of pyridine rings is 1. The maximum atomic E-state index is 4.37. The van der Waals surface area contributed by atoms with Crippen molar-refractivity contribution in [1.82, 2.24) is 4.98 Å². The Balaban J connectivity index is 2.00. The molecule has 94 valence electrons. The van der Waals surface area contributed by atoms with Crippen LogP contribution in [-0.4, -0.2) is 11.5 Å². The highest BCUT2D eigenvalue weighted by Gasteiger charge is 2.64. The number of hydrogen-bond acceptors (Lipinski definition) is 2. The van der Waals surface area contributed by atoms with Crippen LogP contribution >= 0.6 is 31.9 Å². The predicted octanol–water partition coefficient (Wildman–Crippen LogP) is 4.70. The summed E-state index contributed by atoms with van der Waals surface area (Å²) in [5.41, 5.74) is 0.837. The Hall–Kier alpha value is -0.0900. The number of anilines is 1. The molecule has 0 amide bonds. The molecule has 17 heavy (non-hydrogen) atoms. The third-order valence-corrected chi connectivity index (χ3v) is 5.64. The van der Waals surface area contributed by atoms with Gasteiger partial charge in [0.15, 0.2) is 0 Å². The lowest BCUT2D eigenvalue weighted by Gasteiger charge is -2.08. The highest BCUT2D eigenvalue weighted by Crippen LogP contribution is 2.68. The normalized spacial score (nSPS) is 21.3. The van der Waals surface area contributed by atoms with Gasteiger partial charge in [0.1, 0.15) is 5.82 Å². The summed E-state index contributed by atoms with van der Waals surface area (Å²) < 4.78 is 1.99. The molecule has 1 N–H and O–H groups in total. The third-order valence-electron chi connectivity index (χ3n) is 4.60. The smallest absolute Gasteiger partial charge is 0.140 e. The van der Waals surface area contributed by atoms with Crippen molar-refractivity contribution in [2.75, 3.05) is 11.9 Å². The number of rotatable bonds is 3. The van der Waals surface area contributed by atoms with Crippen LogP contribution in [0.1, 0.15) is 27.7 Å². The molecule has 1 aromatic heterocycles. The molecule has 1 heterocycles. The van der Waals surface area contributed by atoms with Crippen molar-refractivity contribution in [3.63, 3.8) is 0 Å². The van der Waals surface area contributed by atoms with E-state index in [1.807, 2.05) is 12.3 Å². The molecular weight excluding hydrogens is 344 g/mol. The standard InChI is InChI=1S/C13H18Br2N2/c1-12(2)10(13(12,3)4)7-17-11-9(15)5-8(14)6-16-11/h5-6,10H,7H2,1-4H3,(H,16,17). The van der Waals surface area contributed by atoms with Gasteiger partial charge in [0.2, 0.25) is 0 Å². The van der Waals surface area contributed by atoms with Crippen molar-refractivity contribution in [2.24, 2.45) is 16.7 Å². The monoisotopic (exact) mass is 360 g/mol. The van der Waals surface area contributed by atoms with Gasteiger partial charge in [0.25, 0.3) is 0 Å². The van der Waals surface area contributed by atoms with Gasteiger partial charge in [-0.05, 0) is 54.7 Å². The molecule has 1 saturated carbocycles. The minimum absolute atomic E-state index is 0.418. The SMILES string of the molecule is CC1(C)C(CNc2ncc(Br)cc2Br)C1(C)C. The van der Waals surface area contributed by atoms with Gasteiger partial charge in [-0.1, -0.05) is 27.7 Å². The summed E-state index contributed by atoms with van der Waals surface area (Å²) >= 11 is 6.92. The molecule has 0 unspecified atom stereocenters. The Kier molecular flexibility index (Phi) is 3.32. The second-order valence-corrected chi connectivity index (χ2v) is 7.63. The number of nitrogens with one attached hydrogen (secondary N) is 1. The van der Waals surface area contributed by atoms with Gasteiger partial charge in [0, 0.05) is 17.2 Å². The Morgan fingerprint density at radius 1 is 1.24 bits per heavy atom. The molecule has 0 aromatic carbocycles. The van der Waals surface area contributed by atoms with Gasteiger partial charge in [-0.2, -0.15) is 0 Å². The highest BCUT2D eigenvalue weighted by atomic mass is 79.9. The topological polar surface area (TPSA) is 24.9 Å². The molecule has 0 aliphatic heterocycles. The van der Waals surface area contributed by atoms with Crippen LogP contribution in [0.3, 0.4) is 0 Å². The third kappa shape index (κ3) is 2.26. The second-order valence-electron chi connectivity index (χ2n) is 5.86. The Morgan fingerprint density at radius 3 is 2.29 bits per heavy atom. The van der Waals surface area contributed by atoms with Crippen LogP contribution in [0.15, 0.2) is 21.2 Å². The maximum Gasteiger partial charge on any atom is 0.140 e. The van der Waals surface area contributed by atoms with Crippen molar-refractivity contribution in [3.05, 3.63) is 21.2 Å². The minimum atomic E-state index is 0.418. The number of halogens is 2. The quantitative estimate of drug-likeness (QED) is 0.843. The van der Waals surface area contributed by atoms with Crippen LogP contribution in [-0.2, 0) is 0 Å². The summed E-state index contributed by atoms with van der Waals surface area (Å²) in [4.78, 5) is 4.37. The minimum Gasteiger partial charge on any atom is -0.369 e. The van der Waals surface area contributed by atoms with Crippen LogP contribution in [0.5, 0.6) is 0 Å². The summed E-state index contributed by atoms with van der Waals surface area (Å²) in [6.07, 6.45) is 1.82. The zero-order valence-corrected chi connectivity index (χ0v) is 13.8. The fourth-order valence-corrected chi connectivity index (χ4v) is 3.71. The van der Waals surface area contributed by atoms with Crippen LogP contribution in [0, 0.1) is 16.7 Å². The zero-order valence-electron chi connectivity index (χ0n) is 10.6. The average molecular weight is 362 g/mol. The molecule has 0 atom stereocenters. The van der Waals surface area contributed by atoms with Crippen molar-refractivity contribution < 1.29 is 0 Å². The van der Waals surface area contributed by atoms with E-state index in [0.717, 1.165) is 21.3 Å². The summed E-state index contributed by atoms with van der Waals surface area (Å²) in [7, 11) is 0. The lowest BCUT2D eigenvalue weighted by Crippen LogP contribution is -2.09. The van der Waals surface area contributed by atoms with Crippen LogP contribution in [0.4, 0.5) is 5.82 Å². The Morgan fingerprint density at radius 2 is 1.82 bits per heavy atom. The molecule has 1 aliphatic rings. The largest absolute Gasteiger partial charge is 0.369 e. The molecule has 0 bridgehead atoms. The van der Waals surface area contributed by atoms with Crippen molar-refractivity contribution in [2.45, 2.75) is 27.7 Å². The number of nitrogens with zero attached hydrogens (tertiary/aromatic N) is 1. The lowest BCUT2D eigenvalue weighted by molar-refractivity contribution is 0.457. The van der Waals surface area contributed by atoms with E-state index >= 15 is 0 Å². The van der Waals surface area contributed by atoms with Gasteiger partial charge in [-0.25, -0.2) is 4.98 Å². The summed E-state index contributed by atoms with van der Waals surface area (Å²) in [5.74, 6) is 1.62. The maximum absolute atomic E-state index is 4.37. The molecule has 2 rings (SSSR count). The van der Waals surface area contributed by atoms with Gasteiger partial charge >= 0.3 is 0 Å². The summed E-state index contributed by atoms with van der Waals surface area (Å²) in [6.45, 7) is 10.3. The molecule has 0 spiro atoms. The average Bonchev–Trinajstić information content (AvgIpc) is 2.58. The van der Waals surface area contributed by atoms with Crippen LogP contribution in [0.2, 0.25) is 0 Å². The zero-order chi connectivity index (χ0) is 12.8. The Bertz CT molecular complexity index is 427. The van der Waals surface area contributed by atoms with Gasteiger partial charge < -0.3 is 5.32 Å². The van der Waals surface area contributed by atoms with Crippen molar-refractivity contribution in [1.29, 1.82) is 0 Å². The molecule has 0 saturated heterocycles. The molecule has 1 aliphatic carbocycles. The first-order valence-electron chi connectivity index (χ1n) is 5.81. The second kappa shape index (κ2) is 4.23. The lowest BCUT2D eigenvalue weighted by atomic mass is 10.0. The van der Waals surface area contributed by atoms with E-state index in [1.165, 1.54) is 0 Å². The molecular formula is C13H18Br2N2. The van der Waals surface area contributed by atoms with E-state index in [1.54, 1.807) is 0 Å². The van der Waals surface area contributed by atoms with E-state index in [0.29, 0.717) is 16.7 Å². The van der Waals surface area contributed by atoms with E-state index in [4.69, 9.17) is 0 Å². The summed E-state index contributed by atoms with van der Waals surface area (Å²) in [6, 6.07) is 2.01. The molecule has 2 nitrogen and oxygen atoms in total. The molecule has 4 heteroatoms. The van der Waals surface area contributed by atoms with Gasteiger partial charge in [0.05, 0.1) is 4.47 Å².